The molecular formula is C12H17BrN2O3S. The molecule has 106 valence electrons. The third kappa shape index (κ3) is 4.29. The summed E-state index contributed by atoms with van der Waals surface area (Å²) in [4.78, 5) is 25.9. The Morgan fingerprint density at radius 3 is 2.58 bits per heavy atom. The summed E-state index contributed by atoms with van der Waals surface area (Å²) in [6.45, 7) is 3.26. The standard InChI is InChI=1S/C12H17BrN2O3S/c1-7(6-16)15(3)12(18)8(2)14-11(17)9-4-5-10(13)19-9/h4-5,7-8,16H,6H2,1-3H3,(H,14,17). The molecule has 2 N–H and O–H groups in total. The summed E-state index contributed by atoms with van der Waals surface area (Å²) in [5.74, 6) is -0.507. The SMILES string of the molecule is CC(NC(=O)c1ccc(Br)s1)C(=O)N(C)C(C)CO. The minimum atomic E-state index is -0.632. The van der Waals surface area contributed by atoms with Crippen LogP contribution in [0.1, 0.15) is 23.5 Å². The molecule has 0 radical (unpaired) electrons. The topological polar surface area (TPSA) is 69.6 Å². The fourth-order valence-corrected chi connectivity index (χ4v) is 2.70. The van der Waals surface area contributed by atoms with Crippen molar-refractivity contribution >= 4 is 39.1 Å². The number of hydrogen-bond acceptors (Lipinski definition) is 4. The zero-order valence-corrected chi connectivity index (χ0v) is 13.4. The number of amides is 2. The molecule has 0 aliphatic carbocycles. The van der Waals surface area contributed by atoms with Crippen molar-refractivity contribution in [3.8, 4) is 0 Å². The Labute approximate surface area is 124 Å². The van der Waals surface area contributed by atoms with E-state index < -0.39 is 6.04 Å². The maximum absolute atomic E-state index is 12.0. The molecule has 1 heterocycles. The lowest BCUT2D eigenvalue weighted by Crippen LogP contribution is -2.49. The number of aliphatic hydroxyl groups is 1. The second-order valence-corrected chi connectivity index (χ2v) is 6.74. The van der Waals surface area contributed by atoms with Crippen molar-refractivity contribution in [3.63, 3.8) is 0 Å². The van der Waals surface area contributed by atoms with Gasteiger partial charge in [0.25, 0.3) is 5.91 Å². The summed E-state index contributed by atoms with van der Waals surface area (Å²) in [7, 11) is 1.60. The Balaban J connectivity index is 2.62. The van der Waals surface area contributed by atoms with E-state index in [1.165, 1.54) is 16.2 Å². The molecule has 2 atom stereocenters. The molecule has 0 spiro atoms. The summed E-state index contributed by atoms with van der Waals surface area (Å²) in [5, 5.41) is 11.7. The van der Waals surface area contributed by atoms with E-state index in [1.807, 2.05) is 0 Å². The average molecular weight is 349 g/mol. The molecule has 1 aromatic rings. The Bertz CT molecular complexity index is 464. The normalized spacial score (nSPS) is 13.7. The van der Waals surface area contributed by atoms with Gasteiger partial charge in [0, 0.05) is 7.05 Å². The fraction of sp³-hybridized carbons (Fsp3) is 0.500. The van der Waals surface area contributed by atoms with E-state index in [0.29, 0.717) is 4.88 Å². The van der Waals surface area contributed by atoms with Gasteiger partial charge >= 0.3 is 0 Å². The van der Waals surface area contributed by atoms with E-state index in [1.54, 1.807) is 33.0 Å². The van der Waals surface area contributed by atoms with Crippen LogP contribution in [0.15, 0.2) is 15.9 Å². The highest BCUT2D eigenvalue weighted by molar-refractivity contribution is 9.11. The van der Waals surface area contributed by atoms with Gasteiger partial charge in [0.1, 0.15) is 6.04 Å². The van der Waals surface area contributed by atoms with Crippen molar-refractivity contribution in [2.75, 3.05) is 13.7 Å². The molecule has 5 nitrogen and oxygen atoms in total. The number of halogens is 1. The van der Waals surface area contributed by atoms with Crippen molar-refractivity contribution in [1.29, 1.82) is 0 Å². The summed E-state index contributed by atoms with van der Waals surface area (Å²) < 4.78 is 0.864. The largest absolute Gasteiger partial charge is 0.394 e. The molecular weight excluding hydrogens is 332 g/mol. The first-order valence-electron chi connectivity index (χ1n) is 5.80. The molecule has 2 unspecified atom stereocenters. The molecule has 0 aliphatic heterocycles. The lowest BCUT2D eigenvalue weighted by molar-refractivity contribution is -0.134. The van der Waals surface area contributed by atoms with Crippen LogP contribution in [0.2, 0.25) is 0 Å². The smallest absolute Gasteiger partial charge is 0.262 e. The van der Waals surface area contributed by atoms with Gasteiger partial charge in [0.15, 0.2) is 0 Å². The van der Waals surface area contributed by atoms with Crippen molar-refractivity contribution in [3.05, 3.63) is 20.8 Å². The second-order valence-electron chi connectivity index (χ2n) is 4.28. The van der Waals surface area contributed by atoms with Gasteiger partial charge in [-0.1, -0.05) is 0 Å². The van der Waals surface area contributed by atoms with Crippen LogP contribution in [0, 0.1) is 0 Å². The number of carbonyl (C=O) groups is 2. The predicted octanol–water partition coefficient (Wildman–Crippen LogP) is 1.47. The molecule has 0 aromatic carbocycles. The van der Waals surface area contributed by atoms with Crippen LogP contribution in [0.3, 0.4) is 0 Å². The fourth-order valence-electron chi connectivity index (χ4n) is 1.41. The van der Waals surface area contributed by atoms with Crippen molar-refractivity contribution in [2.24, 2.45) is 0 Å². The van der Waals surface area contributed by atoms with E-state index in [4.69, 9.17) is 5.11 Å². The van der Waals surface area contributed by atoms with Gasteiger partial charge in [-0.3, -0.25) is 9.59 Å². The highest BCUT2D eigenvalue weighted by Crippen LogP contribution is 2.21. The minimum Gasteiger partial charge on any atom is -0.394 e. The first kappa shape index (κ1) is 16.1. The van der Waals surface area contributed by atoms with Gasteiger partial charge < -0.3 is 15.3 Å². The lowest BCUT2D eigenvalue weighted by Gasteiger charge is -2.26. The number of carbonyl (C=O) groups excluding carboxylic acids is 2. The second kappa shape index (κ2) is 7.02. The van der Waals surface area contributed by atoms with Gasteiger partial charge in [-0.2, -0.15) is 0 Å². The molecule has 0 saturated heterocycles. The molecule has 0 bridgehead atoms. The van der Waals surface area contributed by atoms with Crippen molar-refractivity contribution in [1.82, 2.24) is 10.2 Å². The van der Waals surface area contributed by atoms with Gasteiger partial charge in [-0.25, -0.2) is 0 Å². The predicted molar refractivity (Wildman–Crippen MR) is 78.3 cm³/mol. The highest BCUT2D eigenvalue weighted by atomic mass is 79.9. The Morgan fingerprint density at radius 2 is 2.11 bits per heavy atom. The molecule has 0 saturated carbocycles. The molecule has 1 aromatic heterocycles. The van der Waals surface area contributed by atoms with Crippen LogP contribution >= 0.6 is 27.3 Å². The summed E-state index contributed by atoms with van der Waals surface area (Å²) in [5.41, 5.74) is 0. The van der Waals surface area contributed by atoms with Crippen LogP contribution in [0.4, 0.5) is 0 Å². The first-order valence-corrected chi connectivity index (χ1v) is 7.41. The van der Waals surface area contributed by atoms with E-state index in [-0.39, 0.29) is 24.5 Å². The summed E-state index contributed by atoms with van der Waals surface area (Å²) in [6, 6.07) is 2.57. The zero-order valence-electron chi connectivity index (χ0n) is 11.0. The highest BCUT2D eigenvalue weighted by Gasteiger charge is 2.23. The minimum absolute atomic E-state index is 0.110. The average Bonchev–Trinajstić information content (AvgIpc) is 2.82. The summed E-state index contributed by atoms with van der Waals surface area (Å²) in [6.07, 6.45) is 0. The molecule has 0 fully saturated rings. The van der Waals surface area contributed by atoms with Crippen molar-refractivity contribution < 1.29 is 14.7 Å². The van der Waals surface area contributed by atoms with E-state index in [0.717, 1.165) is 3.79 Å². The molecule has 1 rings (SSSR count). The third-order valence-electron chi connectivity index (χ3n) is 2.79. The van der Waals surface area contributed by atoms with E-state index in [2.05, 4.69) is 21.2 Å². The number of rotatable bonds is 5. The van der Waals surface area contributed by atoms with Crippen LogP contribution < -0.4 is 5.32 Å². The van der Waals surface area contributed by atoms with Gasteiger partial charge in [-0.05, 0) is 41.9 Å². The first-order chi connectivity index (χ1) is 8.86. The monoisotopic (exact) mass is 348 g/mol. The maximum atomic E-state index is 12.0. The van der Waals surface area contributed by atoms with E-state index >= 15 is 0 Å². The number of thiophene rings is 1. The van der Waals surface area contributed by atoms with Crippen LogP contribution in [0.25, 0.3) is 0 Å². The maximum Gasteiger partial charge on any atom is 0.262 e. The number of nitrogens with one attached hydrogen (secondary N) is 1. The summed E-state index contributed by atoms with van der Waals surface area (Å²) >= 11 is 4.59. The van der Waals surface area contributed by atoms with Gasteiger partial charge in [0.2, 0.25) is 5.91 Å². The lowest BCUT2D eigenvalue weighted by atomic mass is 10.2. The molecule has 0 aliphatic rings. The third-order valence-corrected chi connectivity index (χ3v) is 4.41. The van der Waals surface area contributed by atoms with E-state index in [9.17, 15) is 9.59 Å². The number of hydrogen-bond donors (Lipinski definition) is 2. The van der Waals surface area contributed by atoms with Gasteiger partial charge in [0.05, 0.1) is 21.3 Å². The quantitative estimate of drug-likeness (QED) is 0.846. The Hall–Kier alpha value is -0.920. The number of nitrogens with zero attached hydrogens (tertiary/aromatic N) is 1. The number of aliphatic hydroxyl groups excluding tert-OH is 1. The van der Waals surface area contributed by atoms with Gasteiger partial charge in [-0.15, -0.1) is 11.3 Å². The molecule has 19 heavy (non-hydrogen) atoms. The van der Waals surface area contributed by atoms with Crippen LogP contribution in [0.5, 0.6) is 0 Å². The Morgan fingerprint density at radius 1 is 1.47 bits per heavy atom. The molecule has 2 amide bonds. The van der Waals surface area contributed by atoms with Crippen molar-refractivity contribution in [2.45, 2.75) is 25.9 Å². The molecule has 7 heteroatoms. The van der Waals surface area contributed by atoms with Crippen LogP contribution in [-0.2, 0) is 4.79 Å². The Kier molecular flexibility index (Phi) is 5.96. The zero-order chi connectivity index (χ0) is 14.6. The number of likely N-dealkylation sites (N-methyl/N-ethyl adjacent to an activating group) is 1. The van der Waals surface area contributed by atoms with Crippen LogP contribution in [-0.4, -0.2) is 47.6 Å².